The minimum atomic E-state index is 0.202. The molecule has 0 aliphatic rings. The molecule has 0 fully saturated rings. The van der Waals surface area contributed by atoms with Crippen LogP contribution in [0.1, 0.15) is 18.5 Å². The first-order chi connectivity index (χ1) is 10.1. The van der Waals surface area contributed by atoms with Crippen LogP contribution >= 0.6 is 34.2 Å². The molecule has 21 heavy (non-hydrogen) atoms. The van der Waals surface area contributed by atoms with Gasteiger partial charge in [-0.05, 0) is 71.5 Å². The highest BCUT2D eigenvalue weighted by atomic mass is 127. The highest BCUT2D eigenvalue weighted by Gasteiger charge is 2.10. The number of anilines is 1. The first kappa shape index (κ1) is 14.6. The Morgan fingerprint density at radius 3 is 2.62 bits per heavy atom. The van der Waals surface area contributed by atoms with E-state index in [2.05, 4.69) is 64.1 Å². The molecule has 1 atom stereocenters. The van der Waals surface area contributed by atoms with Crippen LogP contribution in [0.15, 0.2) is 54.7 Å². The lowest BCUT2D eigenvalue weighted by molar-refractivity contribution is 0.885. The molecule has 0 bridgehead atoms. The molecule has 0 aliphatic carbocycles. The Bertz CT molecular complexity index is 771. The highest BCUT2D eigenvalue weighted by Crippen LogP contribution is 2.30. The number of hydrogen-bond donors (Lipinski definition) is 1. The molecule has 1 unspecified atom stereocenters. The van der Waals surface area contributed by atoms with Crippen LogP contribution in [0.25, 0.3) is 10.9 Å². The van der Waals surface area contributed by atoms with Crippen molar-refractivity contribution in [2.75, 3.05) is 5.32 Å². The van der Waals surface area contributed by atoms with E-state index in [-0.39, 0.29) is 6.04 Å². The average molecular weight is 409 g/mol. The van der Waals surface area contributed by atoms with Crippen LogP contribution in [0.4, 0.5) is 5.69 Å². The van der Waals surface area contributed by atoms with Gasteiger partial charge in [0.15, 0.2) is 0 Å². The molecule has 1 heterocycles. The molecule has 3 aromatic rings. The summed E-state index contributed by atoms with van der Waals surface area (Å²) < 4.78 is 1.24. The predicted molar refractivity (Wildman–Crippen MR) is 97.9 cm³/mol. The number of fused-ring (bicyclic) bond motifs is 1. The van der Waals surface area contributed by atoms with Gasteiger partial charge in [-0.25, -0.2) is 0 Å². The van der Waals surface area contributed by atoms with Gasteiger partial charge in [0.05, 0.1) is 16.2 Å². The Kier molecular flexibility index (Phi) is 4.31. The molecule has 0 saturated heterocycles. The lowest BCUT2D eigenvalue weighted by Gasteiger charge is -2.17. The Balaban J connectivity index is 1.95. The minimum Gasteiger partial charge on any atom is -0.377 e. The Hall–Kier alpha value is -1.33. The van der Waals surface area contributed by atoms with E-state index in [0.717, 1.165) is 21.6 Å². The maximum atomic E-state index is 6.23. The topological polar surface area (TPSA) is 24.9 Å². The molecule has 3 rings (SSSR count). The van der Waals surface area contributed by atoms with Crippen molar-refractivity contribution >= 4 is 50.8 Å². The number of aromatic nitrogens is 1. The van der Waals surface area contributed by atoms with Gasteiger partial charge < -0.3 is 5.32 Å². The van der Waals surface area contributed by atoms with Crippen LogP contribution < -0.4 is 5.32 Å². The number of hydrogen-bond acceptors (Lipinski definition) is 2. The maximum Gasteiger partial charge on any atom is 0.0948 e. The lowest BCUT2D eigenvalue weighted by Crippen LogP contribution is -2.07. The molecular formula is C17H14ClIN2. The molecule has 0 saturated carbocycles. The third-order valence-corrected chi connectivity index (χ3v) is 4.51. The van der Waals surface area contributed by atoms with E-state index in [1.807, 2.05) is 24.3 Å². The van der Waals surface area contributed by atoms with Gasteiger partial charge in [0, 0.05) is 21.2 Å². The van der Waals surface area contributed by atoms with Crippen molar-refractivity contribution in [3.63, 3.8) is 0 Å². The zero-order valence-corrected chi connectivity index (χ0v) is 14.4. The molecule has 1 N–H and O–H groups in total. The van der Waals surface area contributed by atoms with E-state index >= 15 is 0 Å². The fraction of sp³-hybridized carbons (Fsp3) is 0.118. The van der Waals surface area contributed by atoms with Crippen LogP contribution in [0.5, 0.6) is 0 Å². The van der Waals surface area contributed by atoms with Gasteiger partial charge in [-0.2, -0.15) is 0 Å². The van der Waals surface area contributed by atoms with Crippen molar-refractivity contribution in [1.82, 2.24) is 4.98 Å². The smallest absolute Gasteiger partial charge is 0.0948 e. The van der Waals surface area contributed by atoms with E-state index in [9.17, 15) is 0 Å². The van der Waals surface area contributed by atoms with Crippen molar-refractivity contribution in [3.05, 3.63) is 68.9 Å². The molecule has 1 aromatic heterocycles. The fourth-order valence-corrected chi connectivity index (χ4v) is 2.90. The third-order valence-electron chi connectivity index (χ3n) is 3.46. The normalized spacial score (nSPS) is 12.3. The van der Waals surface area contributed by atoms with Crippen molar-refractivity contribution in [3.8, 4) is 0 Å². The summed E-state index contributed by atoms with van der Waals surface area (Å²) in [7, 11) is 0. The van der Waals surface area contributed by atoms with Gasteiger partial charge in [0.1, 0.15) is 0 Å². The number of nitrogens with one attached hydrogen (secondary N) is 1. The lowest BCUT2D eigenvalue weighted by atomic mass is 10.1. The highest BCUT2D eigenvalue weighted by molar-refractivity contribution is 14.1. The zero-order chi connectivity index (χ0) is 14.8. The van der Waals surface area contributed by atoms with Gasteiger partial charge >= 0.3 is 0 Å². The van der Waals surface area contributed by atoms with Gasteiger partial charge in [-0.1, -0.05) is 23.7 Å². The summed E-state index contributed by atoms with van der Waals surface area (Å²) in [6.45, 7) is 2.14. The molecule has 0 spiro atoms. The summed E-state index contributed by atoms with van der Waals surface area (Å²) in [6, 6.07) is 16.5. The molecule has 0 radical (unpaired) electrons. The summed E-state index contributed by atoms with van der Waals surface area (Å²) in [5.74, 6) is 0. The number of halogens is 2. The molecular weight excluding hydrogens is 395 g/mol. The maximum absolute atomic E-state index is 6.23. The van der Waals surface area contributed by atoms with Crippen LogP contribution in [0.2, 0.25) is 5.02 Å². The van der Waals surface area contributed by atoms with Gasteiger partial charge in [0.2, 0.25) is 0 Å². The van der Waals surface area contributed by atoms with Crippen molar-refractivity contribution in [2.45, 2.75) is 13.0 Å². The number of benzene rings is 2. The summed E-state index contributed by atoms with van der Waals surface area (Å²) in [5, 5.41) is 5.22. The Labute approximate surface area is 142 Å². The van der Waals surface area contributed by atoms with Gasteiger partial charge in [0.25, 0.3) is 0 Å². The van der Waals surface area contributed by atoms with Crippen LogP contribution in [0, 0.1) is 3.57 Å². The largest absolute Gasteiger partial charge is 0.377 e. The zero-order valence-electron chi connectivity index (χ0n) is 11.5. The second-order valence-electron chi connectivity index (χ2n) is 4.91. The fourth-order valence-electron chi connectivity index (χ4n) is 2.32. The second kappa shape index (κ2) is 6.20. The van der Waals surface area contributed by atoms with Crippen LogP contribution in [0.3, 0.4) is 0 Å². The molecule has 4 heteroatoms. The number of rotatable bonds is 3. The standard InChI is InChI=1S/C17H14ClIN2/c1-11(12-4-6-13(19)7-5-12)21-16-9-8-15(18)14-3-2-10-20-17(14)16/h2-11,21H,1H3. The summed E-state index contributed by atoms with van der Waals surface area (Å²) in [4.78, 5) is 4.45. The van der Waals surface area contributed by atoms with E-state index in [4.69, 9.17) is 11.6 Å². The summed E-state index contributed by atoms with van der Waals surface area (Å²) in [5.41, 5.74) is 3.15. The second-order valence-corrected chi connectivity index (χ2v) is 6.56. The van der Waals surface area contributed by atoms with E-state index in [0.29, 0.717) is 0 Å². The number of pyridine rings is 1. The van der Waals surface area contributed by atoms with E-state index in [1.54, 1.807) is 6.20 Å². The quantitative estimate of drug-likeness (QED) is 0.565. The first-order valence-electron chi connectivity index (χ1n) is 6.70. The summed E-state index contributed by atoms with van der Waals surface area (Å²) in [6.07, 6.45) is 1.79. The van der Waals surface area contributed by atoms with Gasteiger partial charge in [-0.15, -0.1) is 0 Å². The van der Waals surface area contributed by atoms with Crippen LogP contribution in [-0.4, -0.2) is 4.98 Å². The average Bonchev–Trinajstić information content (AvgIpc) is 2.51. The van der Waals surface area contributed by atoms with E-state index in [1.165, 1.54) is 9.13 Å². The Morgan fingerprint density at radius 2 is 1.86 bits per heavy atom. The monoisotopic (exact) mass is 408 g/mol. The predicted octanol–water partition coefficient (Wildman–Crippen LogP) is 5.67. The molecule has 2 aromatic carbocycles. The molecule has 0 aliphatic heterocycles. The molecule has 0 amide bonds. The number of nitrogens with zero attached hydrogens (tertiary/aromatic N) is 1. The SMILES string of the molecule is CC(Nc1ccc(Cl)c2cccnc12)c1ccc(I)cc1. The third kappa shape index (κ3) is 3.14. The van der Waals surface area contributed by atoms with Crippen molar-refractivity contribution in [2.24, 2.45) is 0 Å². The Morgan fingerprint density at radius 1 is 1.10 bits per heavy atom. The minimum absolute atomic E-state index is 0.202. The molecule has 106 valence electrons. The van der Waals surface area contributed by atoms with E-state index < -0.39 is 0 Å². The molecule has 2 nitrogen and oxygen atoms in total. The first-order valence-corrected chi connectivity index (χ1v) is 8.16. The van der Waals surface area contributed by atoms with Crippen molar-refractivity contribution in [1.29, 1.82) is 0 Å². The van der Waals surface area contributed by atoms with Gasteiger partial charge in [-0.3, -0.25) is 4.98 Å². The summed E-state index contributed by atoms with van der Waals surface area (Å²) >= 11 is 8.54. The van der Waals surface area contributed by atoms with Crippen molar-refractivity contribution < 1.29 is 0 Å². The van der Waals surface area contributed by atoms with Crippen LogP contribution in [-0.2, 0) is 0 Å².